The molecule has 2 N–H and O–H groups in total. The molecule has 6 heteroatoms. The highest BCUT2D eigenvalue weighted by Crippen LogP contribution is 2.43. The molecule has 2 aromatic carbocycles. The van der Waals surface area contributed by atoms with Crippen molar-refractivity contribution in [2.45, 2.75) is 57.8 Å². The number of esters is 1. The first kappa shape index (κ1) is 22.8. The second-order valence-corrected chi connectivity index (χ2v) is 8.96. The van der Waals surface area contributed by atoms with Gasteiger partial charge in [-0.1, -0.05) is 44.4 Å². The van der Waals surface area contributed by atoms with Crippen molar-refractivity contribution in [3.63, 3.8) is 0 Å². The Kier molecular flexibility index (Phi) is 6.98. The monoisotopic (exact) mass is 448 g/mol. The summed E-state index contributed by atoms with van der Waals surface area (Å²) < 4.78 is 25.2. The van der Waals surface area contributed by atoms with Gasteiger partial charge in [-0.25, -0.2) is 4.39 Å². The highest BCUT2D eigenvalue weighted by molar-refractivity contribution is 5.75. The third-order valence-electron chi connectivity index (χ3n) is 6.74. The number of rotatable bonds is 6. The molecule has 2 aliphatic rings. The lowest BCUT2D eigenvalue weighted by Crippen LogP contribution is -2.26. The number of halogens is 1. The Bertz CT molecular complexity index is 1100. The Hall–Kier alpha value is -3.33. The number of hydrogen-bond acceptors (Lipinski definition) is 5. The number of nitriles is 1. The zero-order valence-corrected chi connectivity index (χ0v) is 18.9. The summed E-state index contributed by atoms with van der Waals surface area (Å²) in [5, 5.41) is 9.64. The van der Waals surface area contributed by atoms with Crippen LogP contribution in [-0.2, 0) is 4.79 Å². The molecule has 0 amide bonds. The van der Waals surface area contributed by atoms with Crippen molar-refractivity contribution in [1.82, 2.24) is 0 Å². The lowest BCUT2D eigenvalue weighted by molar-refractivity contribution is -0.140. The predicted octanol–water partition coefficient (Wildman–Crippen LogP) is 5.95. The van der Waals surface area contributed by atoms with Crippen LogP contribution < -0.4 is 15.2 Å². The van der Waals surface area contributed by atoms with Gasteiger partial charge in [0.2, 0.25) is 5.88 Å². The molecule has 5 nitrogen and oxygen atoms in total. The Morgan fingerprint density at radius 1 is 1.21 bits per heavy atom. The van der Waals surface area contributed by atoms with Gasteiger partial charge in [0.25, 0.3) is 0 Å². The number of ether oxygens (including phenoxy) is 2. The number of carbonyl (C=O) groups excluding carboxylic acids is 1. The minimum absolute atomic E-state index is 0.0341. The van der Waals surface area contributed by atoms with E-state index in [1.165, 1.54) is 31.4 Å². The van der Waals surface area contributed by atoms with Crippen LogP contribution in [-0.4, -0.2) is 5.97 Å². The first-order valence-corrected chi connectivity index (χ1v) is 11.7. The van der Waals surface area contributed by atoms with Crippen LogP contribution in [0.2, 0.25) is 0 Å². The summed E-state index contributed by atoms with van der Waals surface area (Å²) >= 11 is 0. The third kappa shape index (κ3) is 5.03. The van der Waals surface area contributed by atoms with Gasteiger partial charge in [0.15, 0.2) is 0 Å². The van der Waals surface area contributed by atoms with E-state index in [-0.39, 0.29) is 23.3 Å². The second kappa shape index (κ2) is 10.1. The Morgan fingerprint density at radius 3 is 2.70 bits per heavy atom. The summed E-state index contributed by atoms with van der Waals surface area (Å²) in [4.78, 5) is 12.8. The average molecular weight is 449 g/mol. The topological polar surface area (TPSA) is 85.3 Å². The number of benzene rings is 2. The summed E-state index contributed by atoms with van der Waals surface area (Å²) in [6.07, 6.45) is 7.55. The van der Waals surface area contributed by atoms with Crippen LogP contribution in [0.1, 0.15) is 68.9 Å². The summed E-state index contributed by atoms with van der Waals surface area (Å²) in [7, 11) is 0. The summed E-state index contributed by atoms with van der Waals surface area (Å²) in [6, 6.07) is 13.2. The van der Waals surface area contributed by atoms with Gasteiger partial charge in [-0.05, 0) is 55.4 Å². The van der Waals surface area contributed by atoms with Crippen LogP contribution in [0.25, 0.3) is 0 Å². The minimum atomic E-state index is -0.558. The van der Waals surface area contributed by atoms with Crippen molar-refractivity contribution in [3.8, 4) is 17.6 Å². The van der Waals surface area contributed by atoms with E-state index in [9.17, 15) is 14.4 Å². The standard InChI is InChI=1S/C27H29FN2O3/c1-2-3-5-17-8-10-18(11-9-17)27(31)32-21-12-13-22-24(15-21)33-26(30)23(16-29)25(22)19-6-4-7-20(28)14-19/h4,6-7,12-15,17-18,25H,2-3,5,8-11,30H2,1H3. The number of fused-ring (bicyclic) bond motifs is 1. The fourth-order valence-corrected chi connectivity index (χ4v) is 4.91. The Labute approximate surface area is 194 Å². The fraction of sp³-hybridized carbons (Fsp3) is 0.407. The average Bonchev–Trinajstić information content (AvgIpc) is 2.82. The molecule has 1 atom stereocenters. The SMILES string of the molecule is CCCCC1CCC(C(=O)Oc2ccc3c(c2)OC(N)=C(C#N)C3c2cccc(F)c2)CC1. The molecule has 0 radical (unpaired) electrons. The molecule has 0 saturated heterocycles. The molecule has 172 valence electrons. The van der Waals surface area contributed by atoms with Gasteiger partial charge >= 0.3 is 5.97 Å². The molecular formula is C27H29FN2O3. The van der Waals surface area contributed by atoms with Crippen molar-refractivity contribution in [3.05, 3.63) is 70.9 Å². The van der Waals surface area contributed by atoms with Crippen molar-refractivity contribution < 1.29 is 18.7 Å². The quantitative estimate of drug-likeness (QED) is 0.436. The van der Waals surface area contributed by atoms with Gasteiger partial charge in [0, 0.05) is 11.6 Å². The molecule has 1 aliphatic carbocycles. The number of unbranched alkanes of at least 4 members (excludes halogenated alkanes) is 1. The van der Waals surface area contributed by atoms with Crippen molar-refractivity contribution >= 4 is 5.97 Å². The first-order valence-electron chi connectivity index (χ1n) is 11.7. The first-order chi connectivity index (χ1) is 16.0. The van der Waals surface area contributed by atoms with Gasteiger partial charge in [-0.2, -0.15) is 5.26 Å². The Morgan fingerprint density at radius 2 is 2.00 bits per heavy atom. The number of nitrogens with zero attached hydrogens (tertiary/aromatic N) is 1. The van der Waals surface area contributed by atoms with E-state index >= 15 is 0 Å². The van der Waals surface area contributed by atoms with Gasteiger partial charge in [0.05, 0.1) is 11.8 Å². The minimum Gasteiger partial charge on any atom is -0.440 e. The molecular weight excluding hydrogens is 419 g/mol. The van der Waals surface area contributed by atoms with Crippen LogP contribution in [0.3, 0.4) is 0 Å². The maximum atomic E-state index is 13.9. The van der Waals surface area contributed by atoms with E-state index in [4.69, 9.17) is 15.2 Å². The molecule has 0 aromatic heterocycles. The zero-order valence-electron chi connectivity index (χ0n) is 18.9. The van der Waals surface area contributed by atoms with Crippen LogP contribution in [0.4, 0.5) is 4.39 Å². The van der Waals surface area contributed by atoms with E-state index in [0.29, 0.717) is 22.6 Å². The summed E-state index contributed by atoms with van der Waals surface area (Å²) in [5.74, 6) is 0.192. The van der Waals surface area contributed by atoms with Crippen LogP contribution >= 0.6 is 0 Å². The normalized spacial score (nSPS) is 22.2. The maximum Gasteiger partial charge on any atom is 0.314 e. The van der Waals surface area contributed by atoms with Crippen LogP contribution in [0.15, 0.2) is 53.9 Å². The molecule has 1 fully saturated rings. The molecule has 33 heavy (non-hydrogen) atoms. The number of allylic oxidation sites excluding steroid dienone is 1. The van der Waals surface area contributed by atoms with Gasteiger partial charge in [-0.15, -0.1) is 0 Å². The lowest BCUT2D eigenvalue weighted by atomic mass is 9.80. The number of hydrogen-bond donors (Lipinski definition) is 1. The van der Waals surface area contributed by atoms with Gasteiger partial charge < -0.3 is 15.2 Å². The highest BCUT2D eigenvalue weighted by atomic mass is 19.1. The number of carbonyl (C=O) groups is 1. The molecule has 4 rings (SSSR count). The van der Waals surface area contributed by atoms with E-state index < -0.39 is 11.7 Å². The van der Waals surface area contributed by atoms with Crippen LogP contribution in [0.5, 0.6) is 11.5 Å². The van der Waals surface area contributed by atoms with Crippen molar-refractivity contribution in [1.29, 1.82) is 5.26 Å². The van der Waals surface area contributed by atoms with Crippen molar-refractivity contribution in [2.75, 3.05) is 0 Å². The van der Waals surface area contributed by atoms with E-state index in [1.807, 2.05) is 0 Å². The zero-order chi connectivity index (χ0) is 23.4. The third-order valence-corrected chi connectivity index (χ3v) is 6.74. The van der Waals surface area contributed by atoms with E-state index in [0.717, 1.165) is 31.6 Å². The predicted molar refractivity (Wildman–Crippen MR) is 123 cm³/mol. The summed E-state index contributed by atoms with van der Waals surface area (Å²) in [6.45, 7) is 2.20. The highest BCUT2D eigenvalue weighted by Gasteiger charge is 2.32. The van der Waals surface area contributed by atoms with Gasteiger partial charge in [0.1, 0.15) is 29.0 Å². The molecule has 1 aliphatic heterocycles. The summed E-state index contributed by atoms with van der Waals surface area (Å²) in [5.41, 5.74) is 7.51. The second-order valence-electron chi connectivity index (χ2n) is 8.96. The smallest absolute Gasteiger partial charge is 0.314 e. The molecule has 1 unspecified atom stereocenters. The van der Waals surface area contributed by atoms with E-state index in [2.05, 4.69) is 13.0 Å². The van der Waals surface area contributed by atoms with Gasteiger partial charge in [-0.3, -0.25) is 4.79 Å². The van der Waals surface area contributed by atoms with Crippen molar-refractivity contribution in [2.24, 2.45) is 17.6 Å². The molecule has 1 heterocycles. The molecule has 1 saturated carbocycles. The molecule has 0 spiro atoms. The van der Waals surface area contributed by atoms with E-state index in [1.54, 1.807) is 30.3 Å². The van der Waals surface area contributed by atoms with Crippen LogP contribution in [0, 0.1) is 29.0 Å². The molecule has 0 bridgehead atoms. The molecule has 2 aromatic rings. The fourth-order valence-electron chi connectivity index (χ4n) is 4.91. The largest absolute Gasteiger partial charge is 0.440 e. The number of nitrogens with two attached hydrogens (primary N) is 1. The maximum absolute atomic E-state index is 13.9. The Balaban J connectivity index is 1.51. The lowest BCUT2D eigenvalue weighted by Gasteiger charge is -2.28.